The Morgan fingerprint density at radius 1 is 1.77 bits per heavy atom. The van der Waals surface area contributed by atoms with Crippen LogP contribution < -0.4 is 29.6 Å². The Morgan fingerprint density at radius 2 is 2.38 bits per heavy atom. The smallest absolute Gasteiger partial charge is 0.736 e. The zero-order valence-corrected chi connectivity index (χ0v) is 10.3. The Morgan fingerprint density at radius 3 is 2.77 bits per heavy atom. The summed E-state index contributed by atoms with van der Waals surface area (Å²) in [7, 11) is 0. The standard InChI is InChI=1S/C7H2N2OS2.Na/c1-9-5-3-12-6(7(10)11)4(5)2-8;/h3H,(H,10,11);/q;+1/p-1. The first-order valence-corrected chi connectivity index (χ1v) is 4.10. The normalized spacial score (nSPS) is 7.85. The SMILES string of the molecule is [C-]#[N+]c1csc(C(=O)[S-])c1C#N.[Na+]. The molecule has 1 aromatic rings. The van der Waals surface area contributed by atoms with Gasteiger partial charge in [0.1, 0.15) is 0 Å². The predicted octanol–water partition coefficient (Wildman–Crippen LogP) is -1.14. The van der Waals surface area contributed by atoms with E-state index in [2.05, 4.69) is 17.5 Å². The fourth-order valence-electron chi connectivity index (χ4n) is 0.689. The maximum absolute atomic E-state index is 10.7. The van der Waals surface area contributed by atoms with Gasteiger partial charge in [0, 0.05) is 0 Å². The monoisotopic (exact) mass is 216 g/mol. The first-order valence-electron chi connectivity index (χ1n) is 2.81. The van der Waals surface area contributed by atoms with E-state index in [1.54, 1.807) is 6.07 Å². The molecular formula is C7HN2NaOS2. The zero-order chi connectivity index (χ0) is 9.14. The number of carbonyl (C=O) groups is 1. The third kappa shape index (κ3) is 2.50. The van der Waals surface area contributed by atoms with Crippen LogP contribution in [0.25, 0.3) is 4.85 Å². The molecule has 0 atom stereocenters. The Kier molecular flexibility index (Phi) is 5.16. The fraction of sp³-hybridized carbons (Fsp3) is 0. The van der Waals surface area contributed by atoms with E-state index in [0.29, 0.717) is 0 Å². The van der Waals surface area contributed by atoms with Crippen molar-refractivity contribution in [3.8, 4) is 6.07 Å². The number of nitrogens with zero attached hydrogens (tertiary/aromatic N) is 2. The van der Waals surface area contributed by atoms with E-state index < -0.39 is 5.12 Å². The number of nitriles is 1. The molecular weight excluding hydrogens is 215 g/mol. The van der Waals surface area contributed by atoms with Crippen LogP contribution in [0.4, 0.5) is 5.69 Å². The second kappa shape index (κ2) is 5.33. The Balaban J connectivity index is 0.00000144. The van der Waals surface area contributed by atoms with E-state index in [-0.39, 0.29) is 45.7 Å². The molecule has 1 aromatic heterocycles. The summed E-state index contributed by atoms with van der Waals surface area (Å²) in [4.78, 5) is 14.0. The number of hydrogen-bond donors (Lipinski definition) is 0. The molecule has 0 aliphatic rings. The van der Waals surface area contributed by atoms with Gasteiger partial charge in [0.2, 0.25) is 5.69 Å². The molecule has 0 saturated heterocycles. The van der Waals surface area contributed by atoms with Crippen molar-refractivity contribution in [2.24, 2.45) is 0 Å². The van der Waals surface area contributed by atoms with Gasteiger partial charge in [-0.05, 0) is 5.38 Å². The van der Waals surface area contributed by atoms with Crippen LogP contribution in [0.5, 0.6) is 0 Å². The van der Waals surface area contributed by atoms with Crippen molar-refractivity contribution in [1.82, 2.24) is 0 Å². The minimum atomic E-state index is -0.577. The van der Waals surface area contributed by atoms with Crippen molar-refractivity contribution >= 4 is 34.8 Å². The van der Waals surface area contributed by atoms with Crippen LogP contribution in [0.15, 0.2) is 5.38 Å². The number of carbonyl (C=O) groups excluding carboxylic acids is 1. The van der Waals surface area contributed by atoms with Gasteiger partial charge in [0.15, 0.2) is 0 Å². The largest absolute Gasteiger partial charge is 1.00 e. The molecule has 0 unspecified atom stereocenters. The number of thiophene rings is 1. The van der Waals surface area contributed by atoms with Crippen LogP contribution in [0.1, 0.15) is 15.2 Å². The molecule has 0 saturated carbocycles. The maximum Gasteiger partial charge on any atom is 1.00 e. The molecule has 1 heterocycles. The van der Waals surface area contributed by atoms with Crippen LogP contribution in [-0.4, -0.2) is 5.12 Å². The molecule has 1 rings (SSSR count). The van der Waals surface area contributed by atoms with Crippen molar-refractivity contribution < 1.29 is 34.4 Å². The molecule has 0 fully saturated rings. The molecule has 0 aliphatic heterocycles. The van der Waals surface area contributed by atoms with E-state index >= 15 is 0 Å². The Labute approximate surface area is 107 Å². The van der Waals surface area contributed by atoms with Gasteiger partial charge in [0.25, 0.3) is 0 Å². The first kappa shape index (κ1) is 12.6. The van der Waals surface area contributed by atoms with E-state index in [0.717, 1.165) is 11.3 Å². The minimum absolute atomic E-state index is 0. The number of hydrogen-bond acceptors (Lipinski definition) is 4. The van der Waals surface area contributed by atoms with Crippen LogP contribution in [0, 0.1) is 17.9 Å². The third-order valence-electron chi connectivity index (χ3n) is 1.19. The summed E-state index contributed by atoms with van der Waals surface area (Å²) in [6.45, 7) is 6.68. The summed E-state index contributed by atoms with van der Waals surface area (Å²) in [5.74, 6) is 0. The molecule has 58 valence electrons. The molecule has 0 spiro atoms. The van der Waals surface area contributed by atoms with Crippen molar-refractivity contribution in [1.29, 1.82) is 5.26 Å². The summed E-state index contributed by atoms with van der Waals surface area (Å²) in [6, 6.07) is 1.79. The molecule has 0 radical (unpaired) electrons. The van der Waals surface area contributed by atoms with Gasteiger partial charge < -0.3 is 17.4 Å². The van der Waals surface area contributed by atoms with Gasteiger partial charge in [0.05, 0.1) is 28.2 Å². The van der Waals surface area contributed by atoms with Crippen LogP contribution >= 0.6 is 11.3 Å². The zero-order valence-electron chi connectivity index (χ0n) is 6.70. The molecule has 0 aliphatic carbocycles. The van der Waals surface area contributed by atoms with Crippen molar-refractivity contribution in [3.05, 3.63) is 27.2 Å². The predicted molar refractivity (Wildman–Crippen MR) is 47.0 cm³/mol. The van der Waals surface area contributed by atoms with Gasteiger partial charge >= 0.3 is 29.6 Å². The van der Waals surface area contributed by atoms with Gasteiger partial charge in [-0.25, -0.2) is 4.85 Å². The van der Waals surface area contributed by atoms with Gasteiger partial charge in [-0.1, -0.05) is 0 Å². The average Bonchev–Trinajstić information content (AvgIpc) is 2.46. The summed E-state index contributed by atoms with van der Waals surface area (Å²) in [5, 5.41) is 9.47. The third-order valence-corrected chi connectivity index (χ3v) is 2.49. The molecule has 0 N–H and O–H groups in total. The van der Waals surface area contributed by atoms with Crippen LogP contribution in [-0.2, 0) is 12.6 Å². The van der Waals surface area contributed by atoms with E-state index in [1.165, 1.54) is 5.38 Å². The second-order valence-electron chi connectivity index (χ2n) is 1.84. The van der Waals surface area contributed by atoms with Crippen LogP contribution in [0.3, 0.4) is 0 Å². The Bertz CT molecular complexity index is 413. The van der Waals surface area contributed by atoms with Gasteiger partial charge in [-0.2, -0.15) is 16.6 Å². The summed E-state index contributed by atoms with van der Waals surface area (Å²) in [6.07, 6.45) is 0. The van der Waals surface area contributed by atoms with Crippen molar-refractivity contribution in [2.75, 3.05) is 0 Å². The molecule has 6 heteroatoms. The van der Waals surface area contributed by atoms with Crippen molar-refractivity contribution in [2.45, 2.75) is 0 Å². The molecule has 0 bridgehead atoms. The topological polar surface area (TPSA) is 45.2 Å². The maximum atomic E-state index is 10.7. The number of rotatable bonds is 1. The summed E-state index contributed by atoms with van der Waals surface area (Å²) < 4.78 is 0. The van der Waals surface area contributed by atoms with E-state index in [4.69, 9.17) is 11.8 Å². The first-order chi connectivity index (χ1) is 5.70. The molecule has 0 amide bonds. The van der Waals surface area contributed by atoms with Gasteiger partial charge in [-0.15, -0.1) is 0 Å². The van der Waals surface area contributed by atoms with Crippen LogP contribution in [0.2, 0.25) is 0 Å². The van der Waals surface area contributed by atoms with Gasteiger partial charge in [-0.3, -0.25) is 0 Å². The minimum Gasteiger partial charge on any atom is -0.736 e. The summed E-state index contributed by atoms with van der Waals surface area (Å²) in [5.41, 5.74) is 0.311. The van der Waals surface area contributed by atoms with E-state index in [1.807, 2.05) is 0 Å². The Hall–Kier alpha value is -0.430. The molecule has 0 aromatic carbocycles. The summed E-state index contributed by atoms with van der Waals surface area (Å²) >= 11 is 5.42. The van der Waals surface area contributed by atoms with E-state index in [9.17, 15) is 4.79 Å². The fourth-order valence-corrected chi connectivity index (χ4v) is 1.70. The molecule has 13 heavy (non-hydrogen) atoms. The average molecular weight is 216 g/mol. The quantitative estimate of drug-likeness (QED) is 0.339. The van der Waals surface area contributed by atoms with Crippen molar-refractivity contribution in [3.63, 3.8) is 0 Å². The molecule has 3 nitrogen and oxygen atoms in total. The second-order valence-corrected chi connectivity index (χ2v) is 3.09.